The molecule has 0 N–H and O–H groups in total. The second kappa shape index (κ2) is 3.97. The lowest BCUT2D eigenvalue weighted by atomic mass is 9.76. The molecule has 1 aliphatic carbocycles. The quantitative estimate of drug-likeness (QED) is 0.722. The van der Waals surface area contributed by atoms with Gasteiger partial charge in [-0.05, 0) is 50.1 Å². The van der Waals surface area contributed by atoms with Crippen LogP contribution in [0.4, 0.5) is 0 Å². The van der Waals surface area contributed by atoms with Crippen molar-refractivity contribution in [2.45, 2.75) is 33.1 Å². The van der Waals surface area contributed by atoms with E-state index in [-0.39, 0.29) is 11.4 Å². The predicted molar refractivity (Wildman–Crippen MR) is 61.1 cm³/mol. The minimum atomic E-state index is -0.298. The average Bonchev–Trinajstić information content (AvgIpc) is 2.65. The summed E-state index contributed by atoms with van der Waals surface area (Å²) in [5.41, 5.74) is 1.12. The smallest absolute Gasteiger partial charge is 0.312 e. The lowest BCUT2D eigenvalue weighted by Crippen LogP contribution is -2.35. The van der Waals surface area contributed by atoms with Gasteiger partial charge in [0, 0.05) is 4.88 Å². The molecular weight excluding hydrogens is 208 g/mol. The maximum Gasteiger partial charge on any atom is 0.312 e. The van der Waals surface area contributed by atoms with Gasteiger partial charge in [0.25, 0.3) is 0 Å². The second-order valence-corrected chi connectivity index (χ2v) is 5.33. The number of esters is 1. The second-order valence-electron chi connectivity index (χ2n) is 4.33. The van der Waals surface area contributed by atoms with Crippen LogP contribution in [-0.2, 0) is 22.4 Å². The maximum absolute atomic E-state index is 11.8. The summed E-state index contributed by atoms with van der Waals surface area (Å²) < 4.78 is 5.14. The third kappa shape index (κ3) is 1.93. The molecule has 1 unspecified atom stereocenters. The number of fused-ring (bicyclic) bond motifs is 1. The average molecular weight is 224 g/mol. The first-order valence-electron chi connectivity index (χ1n) is 5.38. The molecule has 1 aliphatic rings. The van der Waals surface area contributed by atoms with E-state index in [4.69, 9.17) is 4.74 Å². The Morgan fingerprint density at radius 2 is 2.47 bits per heavy atom. The van der Waals surface area contributed by atoms with Crippen LogP contribution in [0.2, 0.25) is 0 Å². The van der Waals surface area contributed by atoms with Crippen molar-refractivity contribution in [1.29, 1.82) is 0 Å². The molecule has 0 spiro atoms. The van der Waals surface area contributed by atoms with Gasteiger partial charge < -0.3 is 4.74 Å². The van der Waals surface area contributed by atoms with E-state index in [1.807, 2.05) is 13.8 Å². The lowest BCUT2D eigenvalue weighted by Gasteiger charge is -2.30. The molecule has 1 atom stereocenters. The Kier molecular flexibility index (Phi) is 2.83. The van der Waals surface area contributed by atoms with Gasteiger partial charge in [0.15, 0.2) is 0 Å². The van der Waals surface area contributed by atoms with Crippen LogP contribution in [0.5, 0.6) is 0 Å². The van der Waals surface area contributed by atoms with E-state index in [9.17, 15) is 4.79 Å². The molecule has 0 radical (unpaired) electrons. The van der Waals surface area contributed by atoms with Crippen LogP contribution in [0.1, 0.15) is 30.7 Å². The van der Waals surface area contributed by atoms with Crippen molar-refractivity contribution < 1.29 is 9.53 Å². The molecule has 0 aromatic carbocycles. The van der Waals surface area contributed by atoms with Crippen LogP contribution in [0.25, 0.3) is 0 Å². The number of carbonyl (C=O) groups is 1. The molecule has 0 bridgehead atoms. The van der Waals surface area contributed by atoms with Crippen LogP contribution in [0, 0.1) is 5.41 Å². The van der Waals surface area contributed by atoms with Gasteiger partial charge in [0.1, 0.15) is 0 Å². The Bertz CT molecular complexity index is 369. The molecule has 0 amide bonds. The minimum absolute atomic E-state index is 0.0379. The van der Waals surface area contributed by atoms with E-state index in [1.54, 1.807) is 11.3 Å². The van der Waals surface area contributed by atoms with E-state index < -0.39 is 0 Å². The zero-order valence-electron chi connectivity index (χ0n) is 9.21. The van der Waals surface area contributed by atoms with E-state index in [1.165, 1.54) is 10.4 Å². The molecule has 0 saturated heterocycles. The molecule has 1 aromatic heterocycles. The maximum atomic E-state index is 11.8. The first-order chi connectivity index (χ1) is 7.15. The summed E-state index contributed by atoms with van der Waals surface area (Å²) in [5.74, 6) is -0.0379. The van der Waals surface area contributed by atoms with Crippen molar-refractivity contribution in [2.75, 3.05) is 6.61 Å². The first-order valence-corrected chi connectivity index (χ1v) is 6.26. The van der Waals surface area contributed by atoms with Gasteiger partial charge in [-0.25, -0.2) is 0 Å². The zero-order chi connectivity index (χ0) is 10.9. The molecule has 82 valence electrons. The third-order valence-electron chi connectivity index (χ3n) is 3.10. The number of hydrogen-bond acceptors (Lipinski definition) is 3. The number of ether oxygens (including phenoxy) is 1. The molecule has 0 saturated carbocycles. The van der Waals surface area contributed by atoms with Crippen molar-refractivity contribution in [3.63, 3.8) is 0 Å². The highest BCUT2D eigenvalue weighted by atomic mass is 32.1. The van der Waals surface area contributed by atoms with Crippen molar-refractivity contribution >= 4 is 17.3 Å². The van der Waals surface area contributed by atoms with E-state index >= 15 is 0 Å². The molecular formula is C12H16O2S. The van der Waals surface area contributed by atoms with Gasteiger partial charge in [-0.3, -0.25) is 4.79 Å². The summed E-state index contributed by atoms with van der Waals surface area (Å²) in [6.07, 6.45) is 2.77. The van der Waals surface area contributed by atoms with Crippen molar-refractivity contribution in [2.24, 2.45) is 5.41 Å². The monoisotopic (exact) mass is 224 g/mol. The number of hydrogen-bond donors (Lipinski definition) is 0. The normalized spacial score (nSPS) is 24.7. The molecule has 1 aromatic rings. The van der Waals surface area contributed by atoms with Crippen LogP contribution in [-0.4, -0.2) is 12.6 Å². The van der Waals surface area contributed by atoms with Crippen LogP contribution >= 0.6 is 11.3 Å². The standard InChI is InChI=1S/C12H16O2S/c1-3-14-11(13)12(2)6-4-9-5-7-15-10(9)8-12/h5,7H,3-4,6,8H2,1-2H3. The fourth-order valence-electron chi connectivity index (χ4n) is 2.08. The van der Waals surface area contributed by atoms with Crippen LogP contribution in [0.15, 0.2) is 11.4 Å². The molecule has 15 heavy (non-hydrogen) atoms. The van der Waals surface area contributed by atoms with E-state index in [0.717, 1.165) is 19.3 Å². The van der Waals surface area contributed by atoms with Crippen LogP contribution in [0.3, 0.4) is 0 Å². The lowest BCUT2D eigenvalue weighted by molar-refractivity contribution is -0.155. The van der Waals surface area contributed by atoms with E-state index in [0.29, 0.717) is 6.61 Å². The van der Waals surface area contributed by atoms with E-state index in [2.05, 4.69) is 11.4 Å². The Hall–Kier alpha value is -0.830. The zero-order valence-corrected chi connectivity index (χ0v) is 10.0. The third-order valence-corrected chi connectivity index (χ3v) is 4.07. The van der Waals surface area contributed by atoms with Gasteiger partial charge in [-0.2, -0.15) is 0 Å². The van der Waals surface area contributed by atoms with Gasteiger partial charge in [-0.15, -0.1) is 11.3 Å². The van der Waals surface area contributed by atoms with Crippen LogP contribution < -0.4 is 0 Å². The summed E-state index contributed by atoms with van der Waals surface area (Å²) in [4.78, 5) is 13.2. The molecule has 3 heteroatoms. The molecule has 2 rings (SSSR count). The van der Waals surface area contributed by atoms with Gasteiger partial charge in [-0.1, -0.05) is 0 Å². The fourth-order valence-corrected chi connectivity index (χ4v) is 3.20. The topological polar surface area (TPSA) is 26.3 Å². The highest BCUT2D eigenvalue weighted by molar-refractivity contribution is 7.10. The van der Waals surface area contributed by atoms with Crippen molar-refractivity contribution in [3.8, 4) is 0 Å². The summed E-state index contributed by atoms with van der Waals surface area (Å²) in [6, 6.07) is 2.17. The highest BCUT2D eigenvalue weighted by Gasteiger charge is 2.38. The summed E-state index contributed by atoms with van der Waals surface area (Å²) in [6.45, 7) is 4.36. The Balaban J connectivity index is 2.17. The Labute approximate surface area is 94.3 Å². The molecule has 2 nitrogen and oxygen atoms in total. The van der Waals surface area contributed by atoms with Gasteiger partial charge in [0.2, 0.25) is 0 Å². The summed E-state index contributed by atoms with van der Waals surface area (Å²) >= 11 is 1.76. The summed E-state index contributed by atoms with van der Waals surface area (Å²) in [7, 11) is 0. The predicted octanol–water partition coefficient (Wildman–Crippen LogP) is 2.81. The van der Waals surface area contributed by atoms with Crippen molar-refractivity contribution in [3.05, 3.63) is 21.9 Å². The Morgan fingerprint density at radius 1 is 1.67 bits per heavy atom. The SMILES string of the molecule is CCOC(=O)C1(C)CCc2ccsc2C1. The van der Waals surface area contributed by atoms with Gasteiger partial charge in [0.05, 0.1) is 12.0 Å². The highest BCUT2D eigenvalue weighted by Crippen LogP contribution is 2.38. The van der Waals surface area contributed by atoms with Crippen molar-refractivity contribution in [1.82, 2.24) is 0 Å². The number of rotatable bonds is 2. The fraction of sp³-hybridized carbons (Fsp3) is 0.583. The van der Waals surface area contributed by atoms with Gasteiger partial charge >= 0.3 is 5.97 Å². The molecule has 0 aliphatic heterocycles. The number of carbonyl (C=O) groups excluding carboxylic acids is 1. The largest absolute Gasteiger partial charge is 0.466 e. The molecule has 1 heterocycles. The Morgan fingerprint density at radius 3 is 3.20 bits per heavy atom. The number of aryl methyl sites for hydroxylation is 1. The summed E-state index contributed by atoms with van der Waals surface area (Å²) in [5, 5.41) is 2.11. The number of thiophene rings is 1. The molecule has 0 fully saturated rings. The first kappa shape index (κ1) is 10.7. The minimum Gasteiger partial charge on any atom is -0.466 e.